The Morgan fingerprint density at radius 1 is 1.63 bits per heavy atom. The molecule has 0 saturated carbocycles. The van der Waals surface area contributed by atoms with Crippen molar-refractivity contribution >= 4 is 23.2 Å². The average Bonchev–Trinajstić information content (AvgIpc) is 2.37. The van der Waals surface area contributed by atoms with Crippen LogP contribution in [0.15, 0.2) is 11.2 Å². The van der Waals surface area contributed by atoms with Gasteiger partial charge in [-0.2, -0.15) is 5.26 Å². The van der Waals surface area contributed by atoms with Crippen molar-refractivity contribution < 1.29 is 0 Å². The number of nitrogens with zero attached hydrogens (tertiary/aromatic N) is 5. The standard InChI is InChI=1S/C11H16ClN7/c1-8-16-6-9(10(12)18-8)19(3)5-4-15-11(14-2)17-7-13/h6H,4-5H2,1-3H3,(H2,14,15,17). The summed E-state index contributed by atoms with van der Waals surface area (Å²) in [5.41, 5.74) is 0.761. The van der Waals surface area contributed by atoms with Crippen LogP contribution in [0.25, 0.3) is 0 Å². The highest BCUT2D eigenvalue weighted by atomic mass is 35.5. The summed E-state index contributed by atoms with van der Waals surface area (Å²) in [5.74, 6) is 1.07. The quantitative estimate of drug-likeness (QED) is 0.275. The van der Waals surface area contributed by atoms with E-state index in [-0.39, 0.29) is 0 Å². The third-order valence-corrected chi connectivity index (χ3v) is 2.67. The van der Waals surface area contributed by atoms with Gasteiger partial charge in [-0.25, -0.2) is 9.97 Å². The third kappa shape index (κ3) is 4.60. The van der Waals surface area contributed by atoms with Gasteiger partial charge in [0.05, 0.1) is 11.9 Å². The van der Waals surface area contributed by atoms with Crippen LogP contribution in [0.1, 0.15) is 5.82 Å². The highest BCUT2D eigenvalue weighted by molar-refractivity contribution is 6.31. The predicted molar refractivity (Wildman–Crippen MR) is 75.2 cm³/mol. The molecule has 2 N–H and O–H groups in total. The highest BCUT2D eigenvalue weighted by Gasteiger charge is 2.08. The zero-order valence-corrected chi connectivity index (χ0v) is 11.9. The summed E-state index contributed by atoms with van der Waals surface area (Å²) >= 11 is 6.05. The molecule has 0 fully saturated rings. The molecule has 8 heteroatoms. The molecule has 0 aliphatic rings. The second kappa shape index (κ2) is 7.38. The summed E-state index contributed by atoms with van der Waals surface area (Å²) in [6.07, 6.45) is 3.49. The van der Waals surface area contributed by atoms with E-state index in [1.54, 1.807) is 26.4 Å². The van der Waals surface area contributed by atoms with E-state index in [1.165, 1.54) is 0 Å². The molecule has 7 nitrogen and oxygen atoms in total. The number of guanidine groups is 1. The van der Waals surface area contributed by atoms with E-state index in [9.17, 15) is 0 Å². The Kier molecular flexibility index (Phi) is 5.82. The Labute approximate surface area is 117 Å². The minimum absolute atomic E-state index is 0.425. The van der Waals surface area contributed by atoms with Gasteiger partial charge in [-0.3, -0.25) is 10.3 Å². The minimum Gasteiger partial charge on any atom is -0.369 e. The fourth-order valence-electron chi connectivity index (χ4n) is 1.39. The molecule has 0 saturated heterocycles. The first-order valence-electron chi connectivity index (χ1n) is 5.64. The first-order chi connectivity index (χ1) is 9.08. The number of likely N-dealkylation sites (N-methyl/N-ethyl adjacent to an activating group) is 1. The molecule has 1 heterocycles. The fraction of sp³-hybridized carbons (Fsp3) is 0.455. The Bertz CT molecular complexity index is 494. The monoisotopic (exact) mass is 281 g/mol. The van der Waals surface area contributed by atoms with Crippen molar-refractivity contribution in [3.8, 4) is 6.19 Å². The molecule has 1 rings (SSSR count). The van der Waals surface area contributed by atoms with Gasteiger partial charge < -0.3 is 10.2 Å². The molecule has 0 unspecified atom stereocenters. The molecule has 0 aromatic carbocycles. The van der Waals surface area contributed by atoms with Crippen molar-refractivity contribution in [2.24, 2.45) is 4.99 Å². The lowest BCUT2D eigenvalue weighted by molar-refractivity contribution is 0.803. The number of aryl methyl sites for hydroxylation is 1. The lowest BCUT2D eigenvalue weighted by Gasteiger charge is -2.20. The number of rotatable bonds is 4. The van der Waals surface area contributed by atoms with Crippen molar-refractivity contribution in [3.63, 3.8) is 0 Å². The largest absolute Gasteiger partial charge is 0.369 e. The Hall–Kier alpha value is -2.07. The molecule has 102 valence electrons. The molecule has 1 aromatic rings. The lowest BCUT2D eigenvalue weighted by atomic mass is 10.4. The van der Waals surface area contributed by atoms with E-state index >= 15 is 0 Å². The molecule has 0 radical (unpaired) electrons. The smallest absolute Gasteiger partial charge is 0.204 e. The van der Waals surface area contributed by atoms with Crippen molar-refractivity contribution in [2.75, 3.05) is 32.1 Å². The highest BCUT2D eigenvalue weighted by Crippen LogP contribution is 2.20. The summed E-state index contributed by atoms with van der Waals surface area (Å²) in [4.78, 5) is 14.0. The van der Waals surface area contributed by atoms with E-state index < -0.39 is 0 Å². The number of nitriles is 1. The molecule has 19 heavy (non-hydrogen) atoms. The molecule has 0 aliphatic carbocycles. The Morgan fingerprint density at radius 2 is 2.37 bits per heavy atom. The van der Waals surface area contributed by atoms with Crippen molar-refractivity contribution in [2.45, 2.75) is 6.92 Å². The van der Waals surface area contributed by atoms with Crippen LogP contribution >= 0.6 is 11.6 Å². The molecule has 0 bridgehead atoms. The molecule has 0 spiro atoms. The van der Waals surface area contributed by atoms with Crippen molar-refractivity contribution in [1.82, 2.24) is 20.6 Å². The SMILES string of the molecule is CN=C(NC#N)NCCN(C)c1cnc(C)nc1Cl. The molecule has 0 atom stereocenters. The molecular weight excluding hydrogens is 266 g/mol. The van der Waals surface area contributed by atoms with Crippen LogP contribution in [0.5, 0.6) is 0 Å². The van der Waals surface area contributed by atoms with Crippen LogP contribution in [-0.4, -0.2) is 43.1 Å². The molecular formula is C11H16ClN7. The number of anilines is 1. The minimum atomic E-state index is 0.425. The first-order valence-corrected chi connectivity index (χ1v) is 6.02. The zero-order valence-electron chi connectivity index (χ0n) is 11.1. The van der Waals surface area contributed by atoms with Crippen LogP contribution in [0.3, 0.4) is 0 Å². The molecule has 0 aliphatic heterocycles. The Balaban J connectivity index is 2.52. The summed E-state index contributed by atoms with van der Waals surface area (Å²) in [7, 11) is 3.49. The maximum absolute atomic E-state index is 8.49. The van der Waals surface area contributed by atoms with E-state index in [1.807, 2.05) is 11.9 Å². The summed E-state index contributed by atoms with van der Waals surface area (Å²) in [5, 5.41) is 14.3. The molecule has 0 amide bonds. The van der Waals surface area contributed by atoms with E-state index in [0.717, 1.165) is 5.69 Å². The van der Waals surface area contributed by atoms with Crippen molar-refractivity contribution in [1.29, 1.82) is 5.26 Å². The van der Waals surface area contributed by atoms with Crippen molar-refractivity contribution in [3.05, 3.63) is 17.2 Å². The van der Waals surface area contributed by atoms with Gasteiger partial charge in [0.2, 0.25) is 5.96 Å². The predicted octanol–water partition coefficient (Wildman–Crippen LogP) is 0.521. The second-order valence-corrected chi connectivity index (χ2v) is 4.11. The average molecular weight is 282 g/mol. The van der Waals surface area contributed by atoms with Gasteiger partial charge in [0.25, 0.3) is 0 Å². The summed E-state index contributed by atoms with van der Waals surface area (Å²) in [6.45, 7) is 3.05. The maximum Gasteiger partial charge on any atom is 0.204 e. The summed E-state index contributed by atoms with van der Waals surface area (Å²) < 4.78 is 0. The fourth-order valence-corrected chi connectivity index (χ4v) is 1.70. The number of aromatic nitrogens is 2. The van der Waals surface area contributed by atoms with Crippen LogP contribution < -0.4 is 15.5 Å². The normalized spacial score (nSPS) is 10.8. The van der Waals surface area contributed by atoms with Gasteiger partial charge in [-0.1, -0.05) is 11.6 Å². The van der Waals surface area contributed by atoms with Gasteiger partial charge in [0, 0.05) is 27.2 Å². The number of hydrogen-bond acceptors (Lipinski definition) is 5. The van der Waals surface area contributed by atoms with E-state index in [2.05, 4.69) is 25.6 Å². The van der Waals surface area contributed by atoms with Gasteiger partial charge >= 0.3 is 0 Å². The van der Waals surface area contributed by atoms with Gasteiger partial charge in [-0.05, 0) is 6.92 Å². The van der Waals surface area contributed by atoms with Gasteiger partial charge in [-0.15, -0.1) is 0 Å². The summed E-state index contributed by atoms with van der Waals surface area (Å²) in [6, 6.07) is 0. The van der Waals surface area contributed by atoms with E-state index in [4.69, 9.17) is 16.9 Å². The molecule has 1 aromatic heterocycles. The zero-order chi connectivity index (χ0) is 14.3. The third-order valence-electron chi connectivity index (χ3n) is 2.39. The van der Waals surface area contributed by atoms with Crippen LogP contribution in [0, 0.1) is 18.4 Å². The number of nitrogens with one attached hydrogen (secondary N) is 2. The number of halogens is 1. The lowest BCUT2D eigenvalue weighted by Crippen LogP contribution is -2.39. The topological polar surface area (TPSA) is 89.2 Å². The maximum atomic E-state index is 8.49. The van der Waals surface area contributed by atoms with Gasteiger partial charge in [0.1, 0.15) is 5.82 Å². The van der Waals surface area contributed by atoms with E-state index in [0.29, 0.717) is 30.0 Å². The first kappa shape index (κ1) is 15.0. The number of hydrogen-bond donors (Lipinski definition) is 2. The van der Waals surface area contributed by atoms with Crippen LogP contribution in [0.4, 0.5) is 5.69 Å². The van der Waals surface area contributed by atoms with Gasteiger partial charge in [0.15, 0.2) is 11.3 Å². The number of aliphatic imine (C=N–C) groups is 1. The Morgan fingerprint density at radius 3 is 2.95 bits per heavy atom. The second-order valence-electron chi connectivity index (χ2n) is 3.75. The van der Waals surface area contributed by atoms with Crippen LogP contribution in [-0.2, 0) is 0 Å². The van der Waals surface area contributed by atoms with Crippen LogP contribution in [0.2, 0.25) is 5.15 Å².